The van der Waals surface area contributed by atoms with Gasteiger partial charge in [-0.2, -0.15) is 0 Å². The lowest BCUT2D eigenvalue weighted by molar-refractivity contribution is -0.210. The molecule has 0 amide bonds. The highest BCUT2D eigenvalue weighted by Crippen LogP contribution is 2.56. The Balaban J connectivity index is 1.35. The highest BCUT2D eigenvalue weighted by Gasteiger charge is 2.60. The van der Waals surface area contributed by atoms with E-state index in [4.69, 9.17) is 29.2 Å². The molecule has 0 unspecified atom stereocenters. The third-order valence-electron chi connectivity index (χ3n) is 8.17. The number of cyclic esters (lactones) is 1. The Hall–Kier alpha value is -3.69. The second-order valence-corrected chi connectivity index (χ2v) is 10.0. The van der Waals surface area contributed by atoms with Gasteiger partial charge in [0.2, 0.25) is 12.4 Å². The molecule has 0 aromatic heterocycles. The highest BCUT2D eigenvalue weighted by molar-refractivity contribution is 5.94. The fourth-order valence-corrected chi connectivity index (χ4v) is 6.50. The standard InChI is InChI=1S/C26H28N4O7/c1-33-20-13-25-6-4-9-30(25)10-5-16-11-18-19(35-15-34-18)12-17(16)22(25)23(20)36-24(32)26(14-21(31)37-26)7-2-3-8-28-29-27/h2-3,11-13,22-23H,4-10,14-15H2,1H3/t22-,23-,25+,26-/m1/s1. The number of methoxy groups -OCH3 is 1. The molecule has 11 heteroatoms. The van der Waals surface area contributed by atoms with E-state index in [1.54, 1.807) is 19.3 Å². The summed E-state index contributed by atoms with van der Waals surface area (Å²) >= 11 is 0. The predicted octanol–water partition coefficient (Wildman–Crippen LogP) is 3.29. The van der Waals surface area contributed by atoms with Crippen LogP contribution in [0.3, 0.4) is 0 Å². The van der Waals surface area contributed by atoms with Crippen LogP contribution in [0, 0.1) is 0 Å². The van der Waals surface area contributed by atoms with Gasteiger partial charge in [-0.25, -0.2) is 4.79 Å². The van der Waals surface area contributed by atoms with Crippen LogP contribution in [0.1, 0.15) is 42.7 Å². The van der Waals surface area contributed by atoms with Crippen molar-refractivity contribution in [2.45, 2.75) is 55.3 Å². The molecule has 0 N–H and O–H groups in total. The third kappa shape index (κ3) is 3.72. The SMILES string of the molecule is COC1=C[C@]23CCCN2CCc2cc4c(cc2[C@@H]3[C@@H]1OC(=O)[C@@]1(CC=CCN=[N+]=[N-])CC(=O)O1)OCO4. The Bertz CT molecular complexity index is 1250. The van der Waals surface area contributed by atoms with Gasteiger partial charge in [-0.15, -0.1) is 0 Å². The number of fused-ring (bicyclic) bond motifs is 3. The topological polar surface area (TPSA) is 132 Å². The molecule has 194 valence electrons. The minimum absolute atomic E-state index is 0.0757. The normalized spacial score (nSPS) is 31.3. The number of hydrogen-bond acceptors (Lipinski definition) is 9. The first-order chi connectivity index (χ1) is 18.0. The maximum atomic E-state index is 13.6. The quantitative estimate of drug-likeness (QED) is 0.180. The van der Waals surface area contributed by atoms with Crippen molar-refractivity contribution in [3.05, 3.63) is 57.7 Å². The molecule has 0 bridgehead atoms. The van der Waals surface area contributed by atoms with E-state index in [0.29, 0.717) is 11.5 Å². The molecule has 1 aliphatic carbocycles. The molecule has 11 nitrogen and oxygen atoms in total. The molecule has 0 saturated carbocycles. The van der Waals surface area contributed by atoms with Gasteiger partial charge in [-0.1, -0.05) is 17.3 Å². The van der Waals surface area contributed by atoms with Gasteiger partial charge in [0.1, 0.15) is 5.76 Å². The summed E-state index contributed by atoms with van der Waals surface area (Å²) in [6, 6.07) is 4.07. The number of esters is 2. The maximum absolute atomic E-state index is 13.6. The Morgan fingerprint density at radius 1 is 1.30 bits per heavy atom. The van der Waals surface area contributed by atoms with Crippen molar-refractivity contribution in [1.82, 2.24) is 4.90 Å². The van der Waals surface area contributed by atoms with Crippen LogP contribution in [-0.2, 0) is 30.2 Å². The Labute approximate surface area is 213 Å². The van der Waals surface area contributed by atoms with Crippen LogP contribution < -0.4 is 9.47 Å². The lowest BCUT2D eigenvalue weighted by atomic mass is 9.77. The molecule has 4 aliphatic heterocycles. The summed E-state index contributed by atoms with van der Waals surface area (Å²) in [5.41, 5.74) is 8.90. The largest absolute Gasteiger partial charge is 0.497 e. The van der Waals surface area contributed by atoms with E-state index in [2.05, 4.69) is 21.0 Å². The molecule has 4 heterocycles. The minimum atomic E-state index is -1.41. The van der Waals surface area contributed by atoms with Crippen LogP contribution in [0.4, 0.5) is 0 Å². The van der Waals surface area contributed by atoms with Crippen LogP contribution in [-0.4, -0.2) is 67.6 Å². The van der Waals surface area contributed by atoms with E-state index in [9.17, 15) is 9.59 Å². The first-order valence-electron chi connectivity index (χ1n) is 12.5. The summed E-state index contributed by atoms with van der Waals surface area (Å²) in [5, 5.41) is 3.45. The number of ether oxygens (including phenoxy) is 5. The van der Waals surface area contributed by atoms with Crippen molar-refractivity contribution >= 4 is 11.9 Å². The van der Waals surface area contributed by atoms with Gasteiger partial charge in [0.05, 0.1) is 25.0 Å². The van der Waals surface area contributed by atoms with Crippen molar-refractivity contribution in [2.24, 2.45) is 5.11 Å². The van der Waals surface area contributed by atoms with E-state index in [0.717, 1.165) is 49.2 Å². The minimum Gasteiger partial charge on any atom is -0.497 e. The Morgan fingerprint density at radius 2 is 2.11 bits per heavy atom. The second-order valence-electron chi connectivity index (χ2n) is 10.0. The molecule has 0 radical (unpaired) electrons. The van der Waals surface area contributed by atoms with Gasteiger partial charge >= 0.3 is 11.9 Å². The fraction of sp³-hybridized carbons (Fsp3) is 0.538. The number of carbonyl (C=O) groups is 2. The number of azide groups is 1. The lowest BCUT2D eigenvalue weighted by Crippen LogP contribution is -2.56. The zero-order valence-corrected chi connectivity index (χ0v) is 20.6. The van der Waals surface area contributed by atoms with Crippen molar-refractivity contribution in [3.8, 4) is 11.5 Å². The van der Waals surface area contributed by atoms with Crippen LogP contribution >= 0.6 is 0 Å². The van der Waals surface area contributed by atoms with E-state index in [1.165, 1.54) is 0 Å². The molecule has 1 spiro atoms. The first kappa shape index (κ1) is 23.7. The number of carbonyl (C=O) groups excluding carboxylic acids is 2. The summed E-state index contributed by atoms with van der Waals surface area (Å²) in [5.74, 6) is 0.728. The van der Waals surface area contributed by atoms with E-state index in [1.807, 2.05) is 12.1 Å². The fourth-order valence-electron chi connectivity index (χ4n) is 6.50. The van der Waals surface area contributed by atoms with Crippen molar-refractivity contribution in [1.29, 1.82) is 0 Å². The molecule has 4 atom stereocenters. The van der Waals surface area contributed by atoms with E-state index < -0.39 is 23.6 Å². The molecule has 37 heavy (non-hydrogen) atoms. The zero-order chi connectivity index (χ0) is 25.6. The summed E-state index contributed by atoms with van der Waals surface area (Å²) in [6.45, 7) is 2.14. The van der Waals surface area contributed by atoms with Crippen LogP contribution in [0.15, 0.2) is 41.2 Å². The van der Waals surface area contributed by atoms with Crippen molar-refractivity contribution in [2.75, 3.05) is 33.5 Å². The smallest absolute Gasteiger partial charge is 0.352 e. The first-order valence-corrected chi connectivity index (χ1v) is 12.5. The van der Waals surface area contributed by atoms with E-state index in [-0.39, 0.29) is 37.6 Å². The van der Waals surface area contributed by atoms with Gasteiger partial charge in [-0.05, 0) is 60.7 Å². The van der Waals surface area contributed by atoms with Gasteiger partial charge in [0, 0.05) is 24.4 Å². The molecule has 2 saturated heterocycles. The van der Waals surface area contributed by atoms with E-state index >= 15 is 0 Å². The van der Waals surface area contributed by atoms with Crippen LogP contribution in [0.25, 0.3) is 10.4 Å². The summed E-state index contributed by atoms with van der Waals surface area (Å²) in [7, 11) is 1.59. The van der Waals surface area contributed by atoms with Crippen LogP contribution in [0.2, 0.25) is 0 Å². The Morgan fingerprint density at radius 3 is 2.86 bits per heavy atom. The number of rotatable bonds is 7. The average Bonchev–Trinajstić information content (AvgIpc) is 3.56. The molecule has 2 fully saturated rings. The average molecular weight is 509 g/mol. The summed E-state index contributed by atoms with van der Waals surface area (Å²) in [6.07, 6.45) is 7.58. The highest BCUT2D eigenvalue weighted by atomic mass is 16.7. The van der Waals surface area contributed by atoms with Crippen LogP contribution in [0.5, 0.6) is 11.5 Å². The van der Waals surface area contributed by atoms with Gasteiger partial charge in [-0.3, -0.25) is 9.69 Å². The van der Waals surface area contributed by atoms with Gasteiger partial charge in [0.15, 0.2) is 17.6 Å². The molecule has 5 aliphatic rings. The summed E-state index contributed by atoms with van der Waals surface area (Å²) in [4.78, 5) is 30.6. The van der Waals surface area contributed by atoms with Gasteiger partial charge in [0.25, 0.3) is 0 Å². The number of nitrogens with zero attached hydrogens (tertiary/aromatic N) is 4. The van der Waals surface area contributed by atoms with Crippen molar-refractivity contribution < 1.29 is 33.3 Å². The second kappa shape index (κ2) is 9.00. The summed E-state index contributed by atoms with van der Waals surface area (Å²) < 4.78 is 28.8. The zero-order valence-electron chi connectivity index (χ0n) is 20.6. The number of hydrogen-bond donors (Lipinski definition) is 0. The molecular formula is C26H28N4O7. The number of benzene rings is 1. The lowest BCUT2D eigenvalue weighted by Gasteiger charge is -2.41. The third-order valence-corrected chi connectivity index (χ3v) is 8.17. The molecule has 6 rings (SSSR count). The molecule has 1 aromatic carbocycles. The van der Waals surface area contributed by atoms with Crippen molar-refractivity contribution in [3.63, 3.8) is 0 Å². The predicted molar refractivity (Wildman–Crippen MR) is 129 cm³/mol. The Kier molecular flexibility index (Phi) is 5.77. The van der Waals surface area contributed by atoms with Gasteiger partial charge < -0.3 is 23.7 Å². The monoisotopic (exact) mass is 508 g/mol. The molecular weight excluding hydrogens is 480 g/mol. The molecule has 1 aromatic rings. The maximum Gasteiger partial charge on any atom is 0.352 e.